The highest BCUT2D eigenvalue weighted by molar-refractivity contribution is 7.75. The molecule has 3 atom stereocenters. The number of carbonyl (C=O) groups is 1. The van der Waals surface area contributed by atoms with Gasteiger partial charge in [-0.1, -0.05) is 0 Å². The average molecular weight is 237 g/mol. The predicted molar refractivity (Wildman–Crippen MR) is 53.1 cm³/mol. The Balaban J connectivity index is 2.48. The zero-order chi connectivity index (χ0) is 11.4. The van der Waals surface area contributed by atoms with Gasteiger partial charge in [0.05, 0.1) is 20.3 Å². The van der Waals surface area contributed by atoms with E-state index in [9.17, 15) is 9.00 Å². The molecule has 1 rings (SSSR count). The minimum atomic E-state index is -1.74. The molecule has 6 nitrogen and oxygen atoms in total. The van der Waals surface area contributed by atoms with Crippen LogP contribution < -0.4 is 0 Å². The van der Waals surface area contributed by atoms with Crippen LogP contribution in [0.25, 0.3) is 0 Å². The van der Waals surface area contributed by atoms with Gasteiger partial charge in [-0.3, -0.25) is 18.1 Å². The van der Waals surface area contributed by atoms with Crippen LogP contribution in [0, 0.1) is 0 Å². The van der Waals surface area contributed by atoms with Crippen LogP contribution in [0.1, 0.15) is 6.42 Å². The number of methoxy groups -OCH3 is 1. The summed E-state index contributed by atoms with van der Waals surface area (Å²) in [6, 6.07) is -0.325. The summed E-state index contributed by atoms with van der Waals surface area (Å²) in [6.45, 7) is 0.537. The zero-order valence-corrected chi connectivity index (χ0v) is 9.78. The smallest absolute Gasteiger partial charge is 0.323 e. The highest BCUT2D eigenvalue weighted by atomic mass is 32.2. The SMILES string of the molecule is COC(=O)C1CC(OS(=O)OC)CN1C. The number of hydrogen-bond acceptors (Lipinski definition) is 6. The summed E-state index contributed by atoms with van der Waals surface area (Å²) in [7, 11) is 4.44. The van der Waals surface area contributed by atoms with E-state index < -0.39 is 11.4 Å². The van der Waals surface area contributed by atoms with Crippen LogP contribution in [0.5, 0.6) is 0 Å². The largest absolute Gasteiger partial charge is 0.468 e. The molecule has 0 aromatic heterocycles. The van der Waals surface area contributed by atoms with E-state index in [1.807, 2.05) is 4.90 Å². The Labute approximate surface area is 91.3 Å². The fraction of sp³-hybridized carbons (Fsp3) is 0.875. The van der Waals surface area contributed by atoms with Gasteiger partial charge in [-0.15, -0.1) is 0 Å². The van der Waals surface area contributed by atoms with Crippen LogP contribution in [0.2, 0.25) is 0 Å². The molecule has 1 aliphatic heterocycles. The Morgan fingerprint density at radius 3 is 2.67 bits per heavy atom. The topological polar surface area (TPSA) is 65.1 Å². The molecule has 3 unspecified atom stereocenters. The van der Waals surface area contributed by atoms with E-state index in [4.69, 9.17) is 4.18 Å². The van der Waals surface area contributed by atoms with E-state index >= 15 is 0 Å². The first kappa shape index (κ1) is 12.6. The van der Waals surface area contributed by atoms with Crippen molar-refractivity contribution in [2.24, 2.45) is 0 Å². The molecule has 0 aliphatic carbocycles. The third-order valence-corrected chi connectivity index (χ3v) is 3.04. The fourth-order valence-electron chi connectivity index (χ4n) is 1.58. The molecular weight excluding hydrogens is 222 g/mol. The molecule has 1 fully saturated rings. The molecule has 0 radical (unpaired) electrons. The molecule has 1 aliphatic rings. The molecular formula is C8H15NO5S. The highest BCUT2D eigenvalue weighted by Gasteiger charge is 2.36. The summed E-state index contributed by atoms with van der Waals surface area (Å²) in [6.07, 6.45) is 0.207. The Morgan fingerprint density at radius 2 is 2.13 bits per heavy atom. The molecule has 0 bridgehead atoms. The average Bonchev–Trinajstić information content (AvgIpc) is 2.58. The molecule has 0 amide bonds. The minimum Gasteiger partial charge on any atom is -0.468 e. The molecule has 1 heterocycles. The van der Waals surface area contributed by atoms with E-state index in [1.54, 1.807) is 7.05 Å². The van der Waals surface area contributed by atoms with Crippen molar-refractivity contribution in [3.63, 3.8) is 0 Å². The van der Waals surface area contributed by atoms with Crippen molar-refractivity contribution in [3.05, 3.63) is 0 Å². The zero-order valence-electron chi connectivity index (χ0n) is 8.97. The number of esters is 1. The van der Waals surface area contributed by atoms with E-state index in [0.29, 0.717) is 13.0 Å². The van der Waals surface area contributed by atoms with Gasteiger partial charge in [-0.2, -0.15) is 4.21 Å². The van der Waals surface area contributed by atoms with Crippen molar-refractivity contribution in [2.75, 3.05) is 27.8 Å². The third-order valence-electron chi connectivity index (χ3n) is 2.33. The Bertz CT molecular complexity index is 259. The second-order valence-corrected chi connectivity index (χ2v) is 4.24. The number of likely N-dealkylation sites (N-methyl/N-ethyl adjacent to an activating group) is 1. The maximum Gasteiger partial charge on any atom is 0.323 e. The molecule has 88 valence electrons. The van der Waals surface area contributed by atoms with E-state index in [1.165, 1.54) is 14.2 Å². The lowest BCUT2D eigenvalue weighted by Gasteiger charge is -2.15. The van der Waals surface area contributed by atoms with E-state index in [-0.39, 0.29) is 18.1 Å². The minimum absolute atomic E-state index is 0.264. The molecule has 0 spiro atoms. The summed E-state index contributed by atoms with van der Waals surface area (Å²) in [5.74, 6) is -0.299. The lowest BCUT2D eigenvalue weighted by molar-refractivity contribution is -0.145. The maximum atomic E-state index is 11.3. The van der Waals surface area contributed by atoms with Gasteiger partial charge in [0, 0.05) is 13.0 Å². The maximum absolute atomic E-state index is 11.3. The van der Waals surface area contributed by atoms with Crippen LogP contribution in [-0.2, 0) is 29.3 Å². The third kappa shape index (κ3) is 3.23. The molecule has 15 heavy (non-hydrogen) atoms. The highest BCUT2D eigenvalue weighted by Crippen LogP contribution is 2.20. The first-order chi connectivity index (χ1) is 7.08. The Kier molecular flexibility index (Phi) is 4.65. The lowest BCUT2D eigenvalue weighted by atomic mass is 10.2. The van der Waals surface area contributed by atoms with Crippen LogP contribution in [0.15, 0.2) is 0 Å². The van der Waals surface area contributed by atoms with Crippen LogP contribution in [0.3, 0.4) is 0 Å². The second kappa shape index (κ2) is 5.55. The van der Waals surface area contributed by atoms with E-state index in [0.717, 1.165) is 0 Å². The quantitative estimate of drug-likeness (QED) is 0.613. The van der Waals surface area contributed by atoms with Crippen molar-refractivity contribution >= 4 is 17.3 Å². The summed E-state index contributed by atoms with van der Waals surface area (Å²) in [5.41, 5.74) is 0. The standard InChI is InChI=1S/C8H15NO5S/c1-9-5-6(14-15(11)13-3)4-7(9)8(10)12-2/h6-7H,4-5H2,1-3H3. The van der Waals surface area contributed by atoms with Crippen molar-refractivity contribution < 1.29 is 22.1 Å². The lowest BCUT2D eigenvalue weighted by Crippen LogP contribution is -2.33. The van der Waals surface area contributed by atoms with Gasteiger partial charge in [-0.05, 0) is 7.05 Å². The van der Waals surface area contributed by atoms with Crippen LogP contribution in [0.4, 0.5) is 0 Å². The number of likely N-dealkylation sites (tertiary alicyclic amines) is 1. The summed E-state index contributed by atoms with van der Waals surface area (Å²) >= 11 is -1.74. The fourth-order valence-corrected chi connectivity index (χ4v) is 2.02. The monoisotopic (exact) mass is 237 g/mol. The number of carbonyl (C=O) groups excluding carboxylic acids is 1. The van der Waals surface area contributed by atoms with Gasteiger partial charge >= 0.3 is 17.3 Å². The van der Waals surface area contributed by atoms with Crippen molar-refractivity contribution in [2.45, 2.75) is 18.6 Å². The van der Waals surface area contributed by atoms with Crippen molar-refractivity contribution in [3.8, 4) is 0 Å². The van der Waals surface area contributed by atoms with Gasteiger partial charge in [0.25, 0.3) is 0 Å². The van der Waals surface area contributed by atoms with Gasteiger partial charge in [-0.25, -0.2) is 0 Å². The number of nitrogens with zero attached hydrogens (tertiary/aromatic N) is 1. The van der Waals surface area contributed by atoms with Gasteiger partial charge in [0.2, 0.25) is 0 Å². The Morgan fingerprint density at radius 1 is 1.47 bits per heavy atom. The number of hydrogen-bond donors (Lipinski definition) is 0. The summed E-state index contributed by atoms with van der Waals surface area (Å²) in [5, 5.41) is 0. The van der Waals surface area contributed by atoms with Gasteiger partial charge in [0.1, 0.15) is 6.04 Å². The molecule has 0 aromatic rings. The van der Waals surface area contributed by atoms with Crippen LogP contribution >= 0.6 is 0 Å². The van der Waals surface area contributed by atoms with Gasteiger partial charge in [0.15, 0.2) is 0 Å². The van der Waals surface area contributed by atoms with Gasteiger partial charge < -0.3 is 4.74 Å². The summed E-state index contributed by atoms with van der Waals surface area (Å²) in [4.78, 5) is 13.1. The number of rotatable bonds is 4. The Hall–Kier alpha value is -0.500. The predicted octanol–water partition coefficient (Wildman–Crippen LogP) is -0.526. The van der Waals surface area contributed by atoms with Crippen molar-refractivity contribution in [1.82, 2.24) is 4.90 Å². The van der Waals surface area contributed by atoms with Crippen LogP contribution in [-0.4, -0.2) is 55.0 Å². The van der Waals surface area contributed by atoms with E-state index in [2.05, 4.69) is 8.92 Å². The molecule has 7 heteroatoms. The molecule has 0 aromatic carbocycles. The summed E-state index contributed by atoms with van der Waals surface area (Å²) < 4.78 is 25.1. The molecule has 0 N–H and O–H groups in total. The first-order valence-corrected chi connectivity index (χ1v) is 5.50. The molecule has 1 saturated heterocycles. The normalized spacial score (nSPS) is 29.0. The van der Waals surface area contributed by atoms with Crippen molar-refractivity contribution in [1.29, 1.82) is 0 Å². The first-order valence-electron chi connectivity index (χ1n) is 4.50. The second-order valence-electron chi connectivity index (χ2n) is 3.30. The number of ether oxygens (including phenoxy) is 1. The molecule has 0 saturated carbocycles.